The zero-order chi connectivity index (χ0) is 22.8. The van der Waals surface area contributed by atoms with Gasteiger partial charge in [-0.15, -0.1) is 0 Å². The molecule has 0 amide bonds. The van der Waals surface area contributed by atoms with Crippen LogP contribution in [0.3, 0.4) is 0 Å². The van der Waals surface area contributed by atoms with E-state index in [4.69, 9.17) is 0 Å². The fourth-order valence-electron chi connectivity index (χ4n) is 5.22. The topological polar surface area (TPSA) is 62.5 Å². The van der Waals surface area contributed by atoms with E-state index in [9.17, 15) is 13.5 Å². The van der Waals surface area contributed by atoms with Gasteiger partial charge >= 0.3 is 0 Å². The van der Waals surface area contributed by atoms with E-state index < -0.39 is 16.1 Å². The normalized spacial score (nSPS) is 16.5. The van der Waals surface area contributed by atoms with Gasteiger partial charge in [-0.1, -0.05) is 73.9 Å². The third-order valence-electron chi connectivity index (χ3n) is 6.80. The second-order valence-corrected chi connectivity index (χ2v) is 10.9. The molecule has 1 N–H and O–H groups in total. The van der Waals surface area contributed by atoms with Crippen molar-refractivity contribution in [3.63, 3.8) is 0 Å². The van der Waals surface area contributed by atoms with Crippen LogP contribution in [0.15, 0.2) is 83.8 Å². The minimum atomic E-state index is -3.70. The van der Waals surface area contributed by atoms with Crippen molar-refractivity contribution in [1.29, 1.82) is 0 Å². The molecule has 4 aromatic rings. The number of benzene rings is 3. The Morgan fingerprint density at radius 2 is 1.36 bits per heavy atom. The maximum absolute atomic E-state index is 13.6. The Morgan fingerprint density at radius 3 is 1.97 bits per heavy atom. The van der Waals surface area contributed by atoms with Gasteiger partial charge in [0.1, 0.15) is 0 Å². The van der Waals surface area contributed by atoms with Gasteiger partial charge in [-0.25, -0.2) is 8.42 Å². The summed E-state index contributed by atoms with van der Waals surface area (Å²) in [7, 11) is -3.70. The molecule has 1 atom stereocenters. The van der Waals surface area contributed by atoms with Crippen LogP contribution in [0, 0.1) is 0 Å². The van der Waals surface area contributed by atoms with Gasteiger partial charge in [0.2, 0.25) is 10.0 Å². The largest absolute Gasteiger partial charge is 0.390 e. The summed E-state index contributed by atoms with van der Waals surface area (Å²) < 4.78 is 30.9. The van der Waals surface area contributed by atoms with Gasteiger partial charge < -0.3 is 9.67 Å². The molecular weight excluding hydrogens is 432 g/mol. The smallest absolute Gasteiger partial charge is 0.243 e. The van der Waals surface area contributed by atoms with E-state index in [1.54, 1.807) is 28.6 Å². The predicted octanol–water partition coefficient (Wildman–Crippen LogP) is 5.18. The summed E-state index contributed by atoms with van der Waals surface area (Å²) in [6.07, 6.45) is 4.04. The number of rotatable bonds is 7. The summed E-state index contributed by atoms with van der Waals surface area (Å²) in [5.74, 6) is 0. The molecule has 0 bridgehead atoms. The van der Waals surface area contributed by atoms with Crippen LogP contribution in [0.4, 0.5) is 0 Å². The summed E-state index contributed by atoms with van der Waals surface area (Å²) in [5, 5.41) is 13.5. The molecule has 6 heteroatoms. The average molecular weight is 463 g/mol. The van der Waals surface area contributed by atoms with E-state index in [2.05, 4.69) is 28.8 Å². The first-order valence-corrected chi connectivity index (χ1v) is 13.2. The van der Waals surface area contributed by atoms with Crippen molar-refractivity contribution in [2.45, 2.75) is 55.7 Å². The Bertz CT molecular complexity index is 1290. The molecule has 0 radical (unpaired) electrons. The second kappa shape index (κ2) is 9.29. The lowest BCUT2D eigenvalue weighted by Crippen LogP contribution is -2.46. The Balaban J connectivity index is 1.48. The minimum Gasteiger partial charge on any atom is -0.390 e. The van der Waals surface area contributed by atoms with Crippen LogP contribution in [0.1, 0.15) is 32.1 Å². The molecule has 1 aliphatic rings. The number of nitrogens with zero attached hydrogens (tertiary/aromatic N) is 2. The third kappa shape index (κ3) is 4.31. The summed E-state index contributed by atoms with van der Waals surface area (Å²) in [6, 6.07) is 24.9. The molecule has 1 heterocycles. The zero-order valence-corrected chi connectivity index (χ0v) is 19.5. The molecule has 172 valence electrons. The highest BCUT2D eigenvalue weighted by Gasteiger charge is 2.34. The SMILES string of the molecule is O=S(=O)(c1ccccc1)N(CC(O)Cn1c2ccccc2c2ccccc21)C1CCCCC1. The fraction of sp³-hybridized carbons (Fsp3) is 0.333. The van der Waals surface area contributed by atoms with Gasteiger partial charge in [0, 0.05) is 34.4 Å². The average Bonchev–Trinajstić information content (AvgIpc) is 3.17. The zero-order valence-electron chi connectivity index (χ0n) is 18.7. The van der Waals surface area contributed by atoms with E-state index in [0.29, 0.717) is 11.4 Å². The number of aliphatic hydroxyl groups is 1. The highest BCUT2D eigenvalue weighted by molar-refractivity contribution is 7.89. The monoisotopic (exact) mass is 462 g/mol. The number of para-hydroxylation sites is 2. The van der Waals surface area contributed by atoms with Crippen LogP contribution in [-0.2, 0) is 16.6 Å². The van der Waals surface area contributed by atoms with Crippen molar-refractivity contribution in [1.82, 2.24) is 8.87 Å². The van der Waals surface area contributed by atoms with Crippen LogP contribution in [0.5, 0.6) is 0 Å². The van der Waals surface area contributed by atoms with Crippen molar-refractivity contribution in [3.8, 4) is 0 Å². The number of sulfonamides is 1. The van der Waals surface area contributed by atoms with Crippen LogP contribution in [0.25, 0.3) is 21.8 Å². The molecule has 1 fully saturated rings. The molecule has 3 aromatic carbocycles. The first-order chi connectivity index (χ1) is 16.1. The summed E-state index contributed by atoms with van der Waals surface area (Å²) in [5.41, 5.74) is 2.10. The molecule has 33 heavy (non-hydrogen) atoms. The van der Waals surface area contributed by atoms with Gasteiger partial charge in [0.25, 0.3) is 0 Å². The maximum atomic E-state index is 13.6. The molecule has 5 nitrogen and oxygen atoms in total. The fourth-order valence-corrected chi connectivity index (χ4v) is 6.96. The van der Waals surface area contributed by atoms with Crippen molar-refractivity contribution in [2.75, 3.05) is 6.54 Å². The highest BCUT2D eigenvalue weighted by Crippen LogP contribution is 2.31. The second-order valence-electron chi connectivity index (χ2n) is 8.98. The first kappa shape index (κ1) is 22.1. The summed E-state index contributed by atoms with van der Waals surface area (Å²) in [6.45, 7) is 0.421. The Kier molecular flexibility index (Phi) is 6.23. The Labute approximate surface area is 195 Å². The van der Waals surface area contributed by atoms with Crippen molar-refractivity contribution in [2.24, 2.45) is 0 Å². The van der Waals surface area contributed by atoms with E-state index in [0.717, 1.165) is 53.9 Å². The molecule has 0 saturated heterocycles. The standard InChI is InChI=1S/C27H30N2O3S/c30-22(19-28-26-17-9-7-15-24(26)25-16-8-10-18-27(25)28)20-29(21-11-3-1-4-12-21)33(31,32)23-13-5-2-6-14-23/h2,5-10,13-18,21-22,30H,1,3-4,11-12,19-20H2. The predicted molar refractivity (Wildman–Crippen MR) is 133 cm³/mol. The summed E-state index contributed by atoms with van der Waals surface area (Å²) >= 11 is 0. The molecule has 1 unspecified atom stereocenters. The molecule has 1 aliphatic carbocycles. The molecule has 1 aromatic heterocycles. The molecule has 5 rings (SSSR count). The van der Waals surface area contributed by atoms with E-state index in [1.807, 2.05) is 30.3 Å². The van der Waals surface area contributed by atoms with Crippen molar-refractivity contribution >= 4 is 31.8 Å². The first-order valence-electron chi connectivity index (χ1n) is 11.8. The van der Waals surface area contributed by atoms with Gasteiger partial charge in [-0.3, -0.25) is 0 Å². The quantitative estimate of drug-likeness (QED) is 0.412. The van der Waals surface area contributed by atoms with Crippen LogP contribution in [-0.4, -0.2) is 41.1 Å². The van der Waals surface area contributed by atoms with E-state index >= 15 is 0 Å². The molecular formula is C27H30N2O3S. The van der Waals surface area contributed by atoms with Crippen molar-refractivity contribution < 1.29 is 13.5 Å². The molecule has 1 saturated carbocycles. The Morgan fingerprint density at radius 1 is 0.818 bits per heavy atom. The number of aromatic nitrogens is 1. The van der Waals surface area contributed by atoms with Gasteiger partial charge in [0.15, 0.2) is 0 Å². The lowest BCUT2D eigenvalue weighted by molar-refractivity contribution is 0.109. The van der Waals surface area contributed by atoms with Gasteiger partial charge in [0.05, 0.1) is 17.5 Å². The maximum Gasteiger partial charge on any atom is 0.243 e. The highest BCUT2D eigenvalue weighted by atomic mass is 32.2. The lowest BCUT2D eigenvalue weighted by Gasteiger charge is -2.34. The van der Waals surface area contributed by atoms with Gasteiger partial charge in [-0.05, 0) is 37.1 Å². The van der Waals surface area contributed by atoms with Crippen LogP contribution >= 0.6 is 0 Å². The third-order valence-corrected chi connectivity index (χ3v) is 8.73. The Hall–Kier alpha value is -2.67. The van der Waals surface area contributed by atoms with E-state index in [-0.39, 0.29) is 12.6 Å². The molecule has 0 spiro atoms. The van der Waals surface area contributed by atoms with Gasteiger partial charge in [-0.2, -0.15) is 4.31 Å². The lowest BCUT2D eigenvalue weighted by atomic mass is 9.95. The minimum absolute atomic E-state index is 0.0724. The number of hydrogen-bond donors (Lipinski definition) is 1. The van der Waals surface area contributed by atoms with Crippen LogP contribution in [0.2, 0.25) is 0 Å². The summed E-state index contributed by atoms with van der Waals surface area (Å²) in [4.78, 5) is 0.291. The number of aliphatic hydroxyl groups excluding tert-OH is 1. The number of hydrogen-bond acceptors (Lipinski definition) is 3. The number of fused-ring (bicyclic) bond motifs is 3. The van der Waals surface area contributed by atoms with E-state index in [1.165, 1.54) is 0 Å². The van der Waals surface area contributed by atoms with Crippen molar-refractivity contribution in [3.05, 3.63) is 78.9 Å². The van der Waals surface area contributed by atoms with Crippen LogP contribution < -0.4 is 0 Å². The molecule has 0 aliphatic heterocycles.